The standard InChI is InChI=1S/C22H28N4O2S/c1-25-20-16-10-9-15-19(20)23-22(25)21(17-11-5-3-6-12-17)24-29(27,28)26(2)18-13-7-4-8-14-18/h3,5-6,9-12,15-16,18,21,24H,4,7-8,13-14H2,1-2H3. The first-order chi connectivity index (χ1) is 14.0. The van der Waals surface area contributed by atoms with Gasteiger partial charge in [-0.15, -0.1) is 0 Å². The Balaban J connectivity index is 1.72. The van der Waals surface area contributed by atoms with Crippen LogP contribution in [0.15, 0.2) is 54.6 Å². The highest BCUT2D eigenvalue weighted by molar-refractivity contribution is 7.87. The minimum absolute atomic E-state index is 0.0538. The van der Waals surface area contributed by atoms with Crippen molar-refractivity contribution in [3.05, 3.63) is 66.0 Å². The molecule has 1 N–H and O–H groups in total. The quantitative estimate of drug-likeness (QED) is 0.670. The van der Waals surface area contributed by atoms with Gasteiger partial charge in [0.1, 0.15) is 11.9 Å². The molecule has 1 fully saturated rings. The first-order valence-corrected chi connectivity index (χ1v) is 11.6. The van der Waals surface area contributed by atoms with Crippen LogP contribution >= 0.6 is 0 Å². The maximum absolute atomic E-state index is 13.3. The largest absolute Gasteiger partial charge is 0.329 e. The predicted molar refractivity (Wildman–Crippen MR) is 116 cm³/mol. The average Bonchev–Trinajstić information content (AvgIpc) is 3.09. The Kier molecular flexibility index (Phi) is 5.72. The van der Waals surface area contributed by atoms with E-state index in [9.17, 15) is 8.42 Å². The molecular formula is C22H28N4O2S. The van der Waals surface area contributed by atoms with Gasteiger partial charge in [0.05, 0.1) is 11.0 Å². The van der Waals surface area contributed by atoms with Gasteiger partial charge in [0.2, 0.25) is 0 Å². The summed E-state index contributed by atoms with van der Waals surface area (Å²) in [5.74, 6) is 0.679. The number of fused-ring (bicyclic) bond motifs is 1. The van der Waals surface area contributed by atoms with Gasteiger partial charge in [0.15, 0.2) is 0 Å². The molecule has 1 heterocycles. The van der Waals surface area contributed by atoms with E-state index in [0.717, 1.165) is 42.3 Å². The van der Waals surface area contributed by atoms with E-state index in [1.807, 2.05) is 66.2 Å². The van der Waals surface area contributed by atoms with Gasteiger partial charge in [0, 0.05) is 20.1 Å². The van der Waals surface area contributed by atoms with Crippen molar-refractivity contribution in [1.29, 1.82) is 0 Å². The van der Waals surface area contributed by atoms with E-state index in [0.29, 0.717) is 5.82 Å². The molecule has 7 heteroatoms. The number of rotatable bonds is 6. The van der Waals surface area contributed by atoms with Crippen LogP contribution in [0, 0.1) is 0 Å². The lowest BCUT2D eigenvalue weighted by molar-refractivity contribution is 0.282. The number of nitrogens with one attached hydrogen (secondary N) is 1. The number of para-hydroxylation sites is 2. The van der Waals surface area contributed by atoms with Gasteiger partial charge < -0.3 is 4.57 Å². The van der Waals surface area contributed by atoms with Gasteiger partial charge in [-0.25, -0.2) is 4.98 Å². The van der Waals surface area contributed by atoms with Crippen LogP contribution in [0.1, 0.15) is 49.5 Å². The molecule has 4 rings (SSSR count). The second-order valence-corrected chi connectivity index (χ2v) is 9.55. The highest BCUT2D eigenvalue weighted by atomic mass is 32.2. The van der Waals surface area contributed by atoms with Crippen LogP contribution in [0.3, 0.4) is 0 Å². The molecule has 0 bridgehead atoms. The number of imidazole rings is 1. The minimum atomic E-state index is -3.68. The fourth-order valence-corrected chi connectivity index (χ4v) is 5.52. The second-order valence-electron chi connectivity index (χ2n) is 7.79. The Morgan fingerprint density at radius 1 is 1.03 bits per heavy atom. The molecule has 0 radical (unpaired) electrons. The zero-order valence-corrected chi connectivity index (χ0v) is 17.8. The van der Waals surface area contributed by atoms with E-state index in [4.69, 9.17) is 4.98 Å². The molecular weight excluding hydrogens is 384 g/mol. The van der Waals surface area contributed by atoms with E-state index in [-0.39, 0.29) is 6.04 Å². The van der Waals surface area contributed by atoms with E-state index in [1.165, 1.54) is 10.7 Å². The van der Waals surface area contributed by atoms with Crippen LogP contribution < -0.4 is 4.72 Å². The third kappa shape index (κ3) is 4.08. The fraction of sp³-hybridized carbons (Fsp3) is 0.409. The number of benzene rings is 2. The highest BCUT2D eigenvalue weighted by Crippen LogP contribution is 2.28. The SMILES string of the molecule is CN(C1CCCCC1)S(=O)(=O)NC(c1ccccc1)c1nc2ccccc2n1C. The molecule has 1 aromatic heterocycles. The molecule has 6 nitrogen and oxygen atoms in total. The summed E-state index contributed by atoms with van der Waals surface area (Å²) in [5, 5.41) is 0. The Morgan fingerprint density at radius 3 is 2.38 bits per heavy atom. The molecule has 1 saturated carbocycles. The number of aromatic nitrogens is 2. The molecule has 0 aliphatic heterocycles. The number of hydrogen-bond acceptors (Lipinski definition) is 3. The summed E-state index contributed by atoms with van der Waals surface area (Å²) in [6.07, 6.45) is 5.18. The van der Waals surface area contributed by atoms with Crippen molar-refractivity contribution in [2.24, 2.45) is 7.05 Å². The normalized spacial score (nSPS) is 17.1. The van der Waals surface area contributed by atoms with Crippen LogP contribution in [0.25, 0.3) is 11.0 Å². The Bertz CT molecular complexity index is 1070. The molecule has 1 aliphatic rings. The second kappa shape index (κ2) is 8.26. The van der Waals surface area contributed by atoms with Crippen LogP contribution in [-0.2, 0) is 17.3 Å². The van der Waals surface area contributed by atoms with Gasteiger partial charge >= 0.3 is 0 Å². The number of aryl methyl sites for hydroxylation is 1. The third-order valence-corrected chi connectivity index (χ3v) is 7.54. The molecule has 154 valence electrons. The first kappa shape index (κ1) is 20.1. The maximum Gasteiger partial charge on any atom is 0.280 e. The smallest absolute Gasteiger partial charge is 0.280 e. The Morgan fingerprint density at radius 2 is 1.69 bits per heavy atom. The first-order valence-electron chi connectivity index (χ1n) is 10.2. The highest BCUT2D eigenvalue weighted by Gasteiger charge is 2.32. The fourth-order valence-electron chi connectivity index (χ4n) is 4.21. The van der Waals surface area contributed by atoms with Gasteiger partial charge in [-0.3, -0.25) is 0 Å². The molecule has 0 saturated heterocycles. The summed E-state index contributed by atoms with van der Waals surface area (Å²) in [7, 11) is -0.0595. The Hall–Kier alpha value is -2.22. The summed E-state index contributed by atoms with van der Waals surface area (Å²) >= 11 is 0. The van der Waals surface area contributed by atoms with Crippen molar-refractivity contribution < 1.29 is 8.42 Å². The van der Waals surface area contributed by atoms with Crippen molar-refractivity contribution in [2.75, 3.05) is 7.05 Å². The zero-order valence-electron chi connectivity index (χ0n) is 17.0. The van der Waals surface area contributed by atoms with E-state index >= 15 is 0 Å². The lowest BCUT2D eigenvalue weighted by atomic mass is 9.96. The molecule has 1 unspecified atom stereocenters. The van der Waals surface area contributed by atoms with Crippen molar-refractivity contribution in [2.45, 2.75) is 44.2 Å². The van der Waals surface area contributed by atoms with Gasteiger partial charge in [-0.2, -0.15) is 17.4 Å². The van der Waals surface area contributed by atoms with E-state index in [1.54, 1.807) is 7.05 Å². The predicted octanol–water partition coefficient (Wildman–Crippen LogP) is 3.76. The van der Waals surface area contributed by atoms with Gasteiger partial charge in [-0.05, 0) is 30.5 Å². The summed E-state index contributed by atoms with van der Waals surface area (Å²) < 4.78 is 33.0. The lowest BCUT2D eigenvalue weighted by Crippen LogP contribution is -2.46. The molecule has 0 spiro atoms. The van der Waals surface area contributed by atoms with Crippen LogP contribution in [-0.4, -0.2) is 35.4 Å². The zero-order chi connectivity index (χ0) is 20.4. The number of hydrogen-bond donors (Lipinski definition) is 1. The topological polar surface area (TPSA) is 67.2 Å². The summed E-state index contributed by atoms with van der Waals surface area (Å²) in [5.41, 5.74) is 2.69. The van der Waals surface area contributed by atoms with E-state index < -0.39 is 16.3 Å². The molecule has 1 aliphatic carbocycles. The van der Waals surface area contributed by atoms with Crippen molar-refractivity contribution >= 4 is 21.2 Å². The van der Waals surface area contributed by atoms with Gasteiger partial charge in [0.25, 0.3) is 10.2 Å². The van der Waals surface area contributed by atoms with E-state index in [2.05, 4.69) is 4.72 Å². The Labute approximate surface area is 172 Å². The molecule has 3 aromatic rings. The minimum Gasteiger partial charge on any atom is -0.329 e. The van der Waals surface area contributed by atoms with Crippen LogP contribution in [0.5, 0.6) is 0 Å². The molecule has 29 heavy (non-hydrogen) atoms. The van der Waals surface area contributed by atoms with Gasteiger partial charge in [-0.1, -0.05) is 61.7 Å². The van der Waals surface area contributed by atoms with Crippen molar-refractivity contribution in [1.82, 2.24) is 18.6 Å². The van der Waals surface area contributed by atoms with Crippen molar-refractivity contribution in [3.8, 4) is 0 Å². The average molecular weight is 413 g/mol. The maximum atomic E-state index is 13.3. The molecule has 1 atom stereocenters. The summed E-state index contributed by atoms with van der Waals surface area (Å²) in [6, 6.07) is 17.0. The summed E-state index contributed by atoms with van der Waals surface area (Å²) in [6.45, 7) is 0. The molecule has 2 aromatic carbocycles. The monoisotopic (exact) mass is 412 g/mol. The number of nitrogens with zero attached hydrogens (tertiary/aromatic N) is 3. The van der Waals surface area contributed by atoms with Crippen molar-refractivity contribution in [3.63, 3.8) is 0 Å². The third-order valence-electron chi connectivity index (χ3n) is 5.95. The molecule has 0 amide bonds. The lowest BCUT2D eigenvalue weighted by Gasteiger charge is -2.31. The van der Waals surface area contributed by atoms with Crippen LogP contribution in [0.2, 0.25) is 0 Å². The summed E-state index contributed by atoms with van der Waals surface area (Å²) in [4.78, 5) is 4.76. The van der Waals surface area contributed by atoms with Crippen LogP contribution in [0.4, 0.5) is 0 Å².